The van der Waals surface area contributed by atoms with Gasteiger partial charge in [0.1, 0.15) is 0 Å². The largest absolute Gasteiger partial charge is 0.416 e. The van der Waals surface area contributed by atoms with Crippen molar-refractivity contribution >= 4 is 17.3 Å². The third-order valence-corrected chi connectivity index (χ3v) is 2.45. The molecule has 0 aliphatic heterocycles. The van der Waals surface area contributed by atoms with Crippen LogP contribution in [0, 0.1) is 0 Å². The molecule has 1 aromatic carbocycles. The normalized spacial score (nSPS) is 11.6. The Balaban J connectivity index is 2.64. The van der Waals surface area contributed by atoms with Gasteiger partial charge in [0.15, 0.2) is 0 Å². The molecule has 17 heavy (non-hydrogen) atoms. The van der Waals surface area contributed by atoms with Crippen LogP contribution in [0.15, 0.2) is 18.2 Å². The van der Waals surface area contributed by atoms with Crippen molar-refractivity contribution in [1.29, 1.82) is 0 Å². The quantitative estimate of drug-likeness (QED) is 0.819. The summed E-state index contributed by atoms with van der Waals surface area (Å²) in [5.41, 5.74) is -0.249. The van der Waals surface area contributed by atoms with Gasteiger partial charge in [-0.1, -0.05) is 11.6 Å². The maximum Gasteiger partial charge on any atom is 0.416 e. The van der Waals surface area contributed by atoms with Crippen LogP contribution in [0.5, 0.6) is 0 Å². The minimum Gasteiger partial charge on any atom is -0.385 e. The van der Waals surface area contributed by atoms with Crippen LogP contribution >= 0.6 is 11.6 Å². The number of rotatable bonds is 5. The van der Waals surface area contributed by atoms with E-state index >= 15 is 0 Å². The highest BCUT2D eigenvalue weighted by atomic mass is 35.5. The summed E-state index contributed by atoms with van der Waals surface area (Å²) in [5, 5.41) is 3.01. The summed E-state index contributed by atoms with van der Waals surface area (Å²) in [6.07, 6.45) is -3.61. The molecule has 0 bridgehead atoms. The molecule has 1 N–H and O–H groups in total. The SMILES string of the molecule is COCCCNc1ccc(C(F)(F)F)cc1Cl. The standard InChI is InChI=1S/C11H13ClF3NO/c1-17-6-2-5-16-10-4-3-8(7-9(10)12)11(13,14)15/h3-4,7,16H,2,5-6H2,1H3. The van der Waals surface area contributed by atoms with Gasteiger partial charge in [0.2, 0.25) is 0 Å². The zero-order chi connectivity index (χ0) is 12.9. The van der Waals surface area contributed by atoms with E-state index in [1.54, 1.807) is 7.11 Å². The van der Waals surface area contributed by atoms with Gasteiger partial charge in [0, 0.05) is 20.3 Å². The number of ether oxygens (including phenoxy) is 1. The van der Waals surface area contributed by atoms with Gasteiger partial charge in [-0.25, -0.2) is 0 Å². The third-order valence-electron chi connectivity index (χ3n) is 2.14. The molecule has 1 rings (SSSR count). The number of hydrogen-bond donors (Lipinski definition) is 1. The Bertz CT molecular complexity index is 368. The molecular formula is C11H13ClF3NO. The van der Waals surface area contributed by atoms with E-state index < -0.39 is 11.7 Å². The lowest BCUT2D eigenvalue weighted by molar-refractivity contribution is -0.137. The van der Waals surface area contributed by atoms with Crippen LogP contribution in [-0.4, -0.2) is 20.3 Å². The Kier molecular flexibility index (Phi) is 5.08. The van der Waals surface area contributed by atoms with E-state index in [0.29, 0.717) is 18.8 Å². The predicted molar refractivity (Wildman–Crippen MR) is 61.4 cm³/mol. The fourth-order valence-corrected chi connectivity index (χ4v) is 1.52. The first kappa shape index (κ1) is 14.1. The average Bonchev–Trinajstić information content (AvgIpc) is 2.24. The zero-order valence-electron chi connectivity index (χ0n) is 9.27. The van der Waals surface area contributed by atoms with Crippen LogP contribution < -0.4 is 5.32 Å². The lowest BCUT2D eigenvalue weighted by Crippen LogP contribution is -2.07. The van der Waals surface area contributed by atoms with Crippen molar-refractivity contribution in [3.8, 4) is 0 Å². The molecule has 0 radical (unpaired) electrons. The van der Waals surface area contributed by atoms with Crippen LogP contribution in [0.2, 0.25) is 5.02 Å². The number of halogens is 4. The highest BCUT2D eigenvalue weighted by Crippen LogP contribution is 2.33. The highest BCUT2D eigenvalue weighted by molar-refractivity contribution is 6.33. The number of nitrogens with one attached hydrogen (secondary N) is 1. The second kappa shape index (κ2) is 6.12. The summed E-state index contributed by atoms with van der Waals surface area (Å²) >= 11 is 5.75. The van der Waals surface area contributed by atoms with Crippen molar-refractivity contribution < 1.29 is 17.9 Å². The minimum absolute atomic E-state index is 0.0669. The fourth-order valence-electron chi connectivity index (χ4n) is 1.27. The Morgan fingerprint density at radius 1 is 1.35 bits per heavy atom. The molecule has 0 aliphatic rings. The summed E-state index contributed by atoms with van der Waals surface area (Å²) in [6.45, 7) is 1.18. The molecule has 1 aromatic rings. The highest BCUT2D eigenvalue weighted by Gasteiger charge is 2.30. The number of anilines is 1. The van der Waals surface area contributed by atoms with Gasteiger partial charge >= 0.3 is 6.18 Å². The molecule has 0 atom stereocenters. The monoisotopic (exact) mass is 267 g/mol. The van der Waals surface area contributed by atoms with E-state index in [2.05, 4.69) is 5.32 Å². The number of methoxy groups -OCH3 is 1. The van der Waals surface area contributed by atoms with Crippen LogP contribution in [-0.2, 0) is 10.9 Å². The molecule has 0 saturated carbocycles. The van der Waals surface area contributed by atoms with Gasteiger partial charge in [-0.05, 0) is 24.6 Å². The smallest absolute Gasteiger partial charge is 0.385 e. The molecule has 0 amide bonds. The lowest BCUT2D eigenvalue weighted by Gasteiger charge is -2.11. The predicted octanol–water partition coefficient (Wildman–Crippen LogP) is 3.81. The first-order valence-corrected chi connectivity index (χ1v) is 5.42. The molecular weight excluding hydrogens is 255 g/mol. The van der Waals surface area contributed by atoms with E-state index in [1.165, 1.54) is 6.07 Å². The number of hydrogen-bond acceptors (Lipinski definition) is 2. The average molecular weight is 268 g/mol. The molecule has 0 spiro atoms. The Morgan fingerprint density at radius 2 is 2.06 bits per heavy atom. The zero-order valence-corrected chi connectivity index (χ0v) is 10.0. The minimum atomic E-state index is -4.36. The molecule has 6 heteroatoms. The van der Waals surface area contributed by atoms with E-state index in [4.69, 9.17) is 16.3 Å². The maximum absolute atomic E-state index is 12.4. The van der Waals surface area contributed by atoms with Crippen molar-refractivity contribution in [3.63, 3.8) is 0 Å². The van der Waals surface area contributed by atoms with Gasteiger partial charge in [0.25, 0.3) is 0 Å². The first-order chi connectivity index (χ1) is 7.95. The van der Waals surface area contributed by atoms with Gasteiger partial charge in [-0.3, -0.25) is 0 Å². The second-order valence-corrected chi connectivity index (χ2v) is 3.87. The van der Waals surface area contributed by atoms with Crippen molar-refractivity contribution in [2.75, 3.05) is 25.6 Å². The van der Waals surface area contributed by atoms with Crippen LogP contribution in [0.4, 0.5) is 18.9 Å². The lowest BCUT2D eigenvalue weighted by atomic mass is 10.2. The van der Waals surface area contributed by atoms with Crippen molar-refractivity contribution in [2.45, 2.75) is 12.6 Å². The number of benzene rings is 1. The third kappa shape index (κ3) is 4.44. The molecule has 0 heterocycles. The summed E-state index contributed by atoms with van der Waals surface area (Å²) in [6, 6.07) is 3.25. The van der Waals surface area contributed by atoms with Gasteiger partial charge in [-0.2, -0.15) is 13.2 Å². The molecule has 0 unspecified atom stereocenters. The van der Waals surface area contributed by atoms with Gasteiger partial charge < -0.3 is 10.1 Å². The van der Waals surface area contributed by atoms with Gasteiger partial charge in [0.05, 0.1) is 16.3 Å². The van der Waals surface area contributed by atoms with E-state index in [-0.39, 0.29) is 5.02 Å². The second-order valence-electron chi connectivity index (χ2n) is 3.47. The molecule has 0 fully saturated rings. The maximum atomic E-state index is 12.4. The summed E-state index contributed by atoms with van der Waals surface area (Å²) < 4.78 is 41.9. The van der Waals surface area contributed by atoms with E-state index in [9.17, 15) is 13.2 Å². The van der Waals surface area contributed by atoms with Crippen molar-refractivity contribution in [3.05, 3.63) is 28.8 Å². The van der Waals surface area contributed by atoms with Crippen LogP contribution in [0.1, 0.15) is 12.0 Å². The van der Waals surface area contributed by atoms with Crippen LogP contribution in [0.25, 0.3) is 0 Å². The Morgan fingerprint density at radius 3 is 2.59 bits per heavy atom. The summed E-state index contributed by atoms with van der Waals surface area (Å²) in [5.74, 6) is 0. The van der Waals surface area contributed by atoms with Crippen molar-refractivity contribution in [2.24, 2.45) is 0 Å². The summed E-state index contributed by atoms with van der Waals surface area (Å²) in [7, 11) is 1.59. The molecule has 96 valence electrons. The van der Waals surface area contributed by atoms with Crippen molar-refractivity contribution in [1.82, 2.24) is 0 Å². The first-order valence-electron chi connectivity index (χ1n) is 5.04. The number of alkyl halides is 3. The van der Waals surface area contributed by atoms with E-state index in [1.807, 2.05) is 0 Å². The van der Waals surface area contributed by atoms with E-state index in [0.717, 1.165) is 18.6 Å². The molecule has 0 aromatic heterocycles. The molecule has 0 aliphatic carbocycles. The summed E-state index contributed by atoms with van der Waals surface area (Å²) in [4.78, 5) is 0. The molecule has 2 nitrogen and oxygen atoms in total. The van der Waals surface area contributed by atoms with Gasteiger partial charge in [-0.15, -0.1) is 0 Å². The fraction of sp³-hybridized carbons (Fsp3) is 0.455. The Hall–Kier alpha value is -0.940. The topological polar surface area (TPSA) is 21.3 Å². The van der Waals surface area contributed by atoms with Crippen LogP contribution in [0.3, 0.4) is 0 Å². The molecule has 0 saturated heterocycles. The Labute approximate surface area is 103 Å².